The highest BCUT2D eigenvalue weighted by molar-refractivity contribution is 6.01. The minimum Gasteiger partial charge on any atom is -0.462 e. The Hall–Kier alpha value is -1.38. The predicted molar refractivity (Wildman–Crippen MR) is 115 cm³/mol. The Labute approximate surface area is 176 Å². The Bertz CT molecular complexity index is 719. The van der Waals surface area contributed by atoms with Crippen LogP contribution in [0.5, 0.6) is 0 Å². The smallest absolute Gasteiger partial charge is 0.306 e. The number of esters is 1. The number of allylic oxidation sites excluding steroid dienone is 4. The molecule has 29 heavy (non-hydrogen) atoms. The summed E-state index contributed by atoms with van der Waals surface area (Å²) in [6.45, 7) is 6.94. The Kier molecular flexibility index (Phi) is 5.79. The van der Waals surface area contributed by atoms with Crippen molar-refractivity contribution < 1.29 is 14.3 Å². The zero-order chi connectivity index (χ0) is 20.6. The van der Waals surface area contributed by atoms with E-state index in [1.54, 1.807) is 6.08 Å². The van der Waals surface area contributed by atoms with Gasteiger partial charge in [-0.05, 0) is 74.9 Å². The number of rotatable bonds is 6. The first kappa shape index (κ1) is 20.9. The Balaban J connectivity index is 1.44. The second-order valence-electron chi connectivity index (χ2n) is 10.5. The zero-order valence-electron chi connectivity index (χ0n) is 18.5. The summed E-state index contributed by atoms with van der Waals surface area (Å²) < 4.78 is 6.08. The number of carbonyl (C=O) groups is 2. The third-order valence-electron chi connectivity index (χ3n) is 8.98. The topological polar surface area (TPSA) is 43.4 Å². The number of unbranched alkanes of at least 4 members (excludes halogenated alkanes) is 3. The van der Waals surface area contributed by atoms with E-state index in [2.05, 4.69) is 26.8 Å². The maximum atomic E-state index is 12.5. The lowest BCUT2D eigenvalue weighted by Gasteiger charge is -2.56. The molecule has 0 aromatic rings. The molecule has 3 heteroatoms. The van der Waals surface area contributed by atoms with Crippen LogP contribution < -0.4 is 0 Å². The largest absolute Gasteiger partial charge is 0.462 e. The molecule has 0 aliphatic heterocycles. The maximum Gasteiger partial charge on any atom is 0.306 e. The van der Waals surface area contributed by atoms with E-state index in [-0.39, 0.29) is 28.7 Å². The van der Waals surface area contributed by atoms with Gasteiger partial charge in [0.25, 0.3) is 0 Å². The van der Waals surface area contributed by atoms with Crippen molar-refractivity contribution in [2.45, 2.75) is 97.5 Å². The molecule has 0 heterocycles. The van der Waals surface area contributed by atoms with Gasteiger partial charge in [-0.15, -0.1) is 0 Å². The molecule has 0 spiro atoms. The van der Waals surface area contributed by atoms with Crippen LogP contribution in [0.4, 0.5) is 0 Å². The van der Waals surface area contributed by atoms with Crippen molar-refractivity contribution in [2.24, 2.45) is 28.6 Å². The van der Waals surface area contributed by atoms with Gasteiger partial charge in [-0.1, -0.05) is 51.7 Å². The van der Waals surface area contributed by atoms with E-state index < -0.39 is 0 Å². The number of carbonyl (C=O) groups excluding carboxylic acids is 2. The Morgan fingerprint density at radius 3 is 2.72 bits per heavy atom. The van der Waals surface area contributed by atoms with E-state index in [9.17, 15) is 9.59 Å². The minimum absolute atomic E-state index is 0.0182. The molecule has 6 atom stereocenters. The van der Waals surface area contributed by atoms with Crippen LogP contribution in [0.15, 0.2) is 23.8 Å². The van der Waals surface area contributed by atoms with Gasteiger partial charge >= 0.3 is 5.97 Å². The molecule has 4 aliphatic carbocycles. The van der Waals surface area contributed by atoms with E-state index in [0.29, 0.717) is 24.2 Å². The van der Waals surface area contributed by atoms with Gasteiger partial charge in [0.05, 0.1) is 0 Å². The molecule has 0 unspecified atom stereocenters. The molecule has 4 rings (SSSR count). The van der Waals surface area contributed by atoms with Crippen LogP contribution in [0.3, 0.4) is 0 Å². The third kappa shape index (κ3) is 3.64. The van der Waals surface area contributed by atoms with E-state index in [1.807, 2.05) is 6.08 Å². The monoisotopic (exact) mass is 398 g/mol. The lowest BCUT2D eigenvalue weighted by Crippen LogP contribution is -2.51. The maximum absolute atomic E-state index is 12.5. The van der Waals surface area contributed by atoms with Crippen molar-refractivity contribution in [3.63, 3.8) is 0 Å². The number of fused-ring (bicyclic) bond motifs is 5. The fourth-order valence-corrected chi connectivity index (χ4v) is 7.26. The van der Waals surface area contributed by atoms with Crippen LogP contribution in [0.25, 0.3) is 0 Å². The normalized spacial score (nSPS) is 40.7. The van der Waals surface area contributed by atoms with Gasteiger partial charge in [-0.2, -0.15) is 0 Å². The van der Waals surface area contributed by atoms with Crippen LogP contribution >= 0.6 is 0 Å². The van der Waals surface area contributed by atoms with Crippen molar-refractivity contribution in [1.29, 1.82) is 0 Å². The molecule has 0 bridgehead atoms. The molecule has 3 fully saturated rings. The van der Waals surface area contributed by atoms with Crippen LogP contribution in [0, 0.1) is 28.6 Å². The van der Waals surface area contributed by atoms with Gasteiger partial charge < -0.3 is 4.74 Å². The average Bonchev–Trinajstić information content (AvgIpc) is 3.02. The number of ether oxygens (including phenoxy) is 1. The summed E-state index contributed by atoms with van der Waals surface area (Å²) in [5, 5.41) is 0. The average molecular weight is 399 g/mol. The number of hydrogen-bond acceptors (Lipinski definition) is 3. The summed E-state index contributed by atoms with van der Waals surface area (Å²) in [5.41, 5.74) is 1.53. The van der Waals surface area contributed by atoms with E-state index >= 15 is 0 Å². The molecule has 3 saturated carbocycles. The fraction of sp³-hybridized carbons (Fsp3) is 0.769. The molecule has 4 aliphatic rings. The fourth-order valence-electron chi connectivity index (χ4n) is 7.26. The first-order chi connectivity index (χ1) is 13.9. The lowest BCUT2D eigenvalue weighted by atomic mass is 9.48. The number of ketones is 1. The van der Waals surface area contributed by atoms with Gasteiger partial charge in [-0.3, -0.25) is 9.59 Å². The summed E-state index contributed by atoms with van der Waals surface area (Å²) in [6, 6.07) is 0. The lowest BCUT2D eigenvalue weighted by molar-refractivity contribution is -0.159. The van der Waals surface area contributed by atoms with Crippen LogP contribution in [0.2, 0.25) is 0 Å². The van der Waals surface area contributed by atoms with Gasteiger partial charge in [-0.25, -0.2) is 0 Å². The van der Waals surface area contributed by atoms with Crippen molar-refractivity contribution >= 4 is 11.8 Å². The summed E-state index contributed by atoms with van der Waals surface area (Å²) in [4.78, 5) is 24.4. The van der Waals surface area contributed by atoms with E-state index in [0.717, 1.165) is 32.1 Å². The first-order valence-electron chi connectivity index (χ1n) is 12.0. The second kappa shape index (κ2) is 8.04. The van der Waals surface area contributed by atoms with Crippen LogP contribution in [-0.4, -0.2) is 17.9 Å². The minimum atomic E-state index is 0.0182. The summed E-state index contributed by atoms with van der Waals surface area (Å²) in [5.74, 6) is 2.12. The predicted octanol–water partition coefficient (Wildman–Crippen LogP) is 6.18. The highest BCUT2D eigenvalue weighted by Crippen LogP contribution is 2.64. The molecular formula is C26H38O3. The Morgan fingerprint density at radius 1 is 1.10 bits per heavy atom. The van der Waals surface area contributed by atoms with Crippen molar-refractivity contribution in [2.75, 3.05) is 0 Å². The van der Waals surface area contributed by atoms with Crippen molar-refractivity contribution in [3.05, 3.63) is 23.8 Å². The standard InChI is InChI=1S/C26H38O3/c1-4-5-6-7-8-24(28)29-23-12-11-21-20-10-9-18-17-19(27)13-15-25(18,2)22(20)14-16-26(21,23)3/h13,15,17,20-23H,4-12,14,16H2,1-3H3/t20-,21-,22-,23-,25-,26-/m0/s1. The molecule has 0 amide bonds. The summed E-state index contributed by atoms with van der Waals surface area (Å²) in [6.07, 6.45) is 17.8. The third-order valence-corrected chi connectivity index (χ3v) is 8.98. The SMILES string of the molecule is CCCCCCC(=O)O[C@H]1CC[C@H]2[C@@H]3CCC4=CC(=O)C=C[C@]4(C)[C@H]3CC[C@]12C. The second-order valence-corrected chi connectivity index (χ2v) is 10.5. The molecule has 0 aromatic carbocycles. The highest BCUT2D eigenvalue weighted by atomic mass is 16.5. The first-order valence-corrected chi connectivity index (χ1v) is 12.0. The van der Waals surface area contributed by atoms with Gasteiger partial charge in [0.2, 0.25) is 0 Å². The summed E-state index contributed by atoms with van der Waals surface area (Å²) in [7, 11) is 0. The molecule has 0 N–H and O–H groups in total. The highest BCUT2D eigenvalue weighted by Gasteiger charge is 2.59. The van der Waals surface area contributed by atoms with E-state index in [4.69, 9.17) is 4.74 Å². The quantitative estimate of drug-likeness (QED) is 0.396. The van der Waals surface area contributed by atoms with Crippen LogP contribution in [-0.2, 0) is 14.3 Å². The Morgan fingerprint density at radius 2 is 1.93 bits per heavy atom. The molecule has 0 aromatic heterocycles. The van der Waals surface area contributed by atoms with Gasteiger partial charge in [0.1, 0.15) is 6.10 Å². The van der Waals surface area contributed by atoms with E-state index in [1.165, 1.54) is 37.7 Å². The zero-order valence-corrected chi connectivity index (χ0v) is 18.5. The van der Waals surface area contributed by atoms with Gasteiger partial charge in [0, 0.05) is 17.3 Å². The molecule has 3 nitrogen and oxygen atoms in total. The molecule has 0 saturated heterocycles. The molecule has 0 radical (unpaired) electrons. The van der Waals surface area contributed by atoms with Gasteiger partial charge in [0.15, 0.2) is 5.78 Å². The number of hydrogen-bond donors (Lipinski definition) is 0. The molecular weight excluding hydrogens is 360 g/mol. The van der Waals surface area contributed by atoms with Crippen molar-refractivity contribution in [1.82, 2.24) is 0 Å². The van der Waals surface area contributed by atoms with Crippen molar-refractivity contribution in [3.8, 4) is 0 Å². The summed E-state index contributed by atoms with van der Waals surface area (Å²) >= 11 is 0. The molecule has 160 valence electrons. The van der Waals surface area contributed by atoms with Crippen LogP contribution in [0.1, 0.15) is 91.4 Å².